The quantitative estimate of drug-likeness (QED) is 0.615. The van der Waals surface area contributed by atoms with Gasteiger partial charge in [-0.1, -0.05) is 11.3 Å². The molecule has 0 unspecified atom stereocenters. The molecule has 2 heterocycles. The minimum Gasteiger partial charge on any atom is -0.465 e. The zero-order chi connectivity index (χ0) is 14.2. The fraction of sp³-hybridized carbons (Fsp3) is 0.455. The molecule has 1 aromatic rings. The van der Waals surface area contributed by atoms with Gasteiger partial charge in [0.25, 0.3) is 5.91 Å². The Morgan fingerprint density at radius 2 is 2.21 bits per heavy atom. The third kappa shape index (κ3) is 2.30. The number of ether oxygens (including phenoxy) is 1. The summed E-state index contributed by atoms with van der Waals surface area (Å²) >= 11 is 1.09. The highest BCUT2D eigenvalue weighted by Crippen LogP contribution is 2.30. The first-order chi connectivity index (χ1) is 8.86. The van der Waals surface area contributed by atoms with Gasteiger partial charge < -0.3 is 9.64 Å². The zero-order valence-corrected chi connectivity index (χ0v) is 11.5. The van der Waals surface area contributed by atoms with Gasteiger partial charge in [-0.2, -0.15) is 0 Å². The third-order valence-electron chi connectivity index (χ3n) is 2.90. The summed E-state index contributed by atoms with van der Waals surface area (Å²) in [6.07, 6.45) is 1.37. The topological polar surface area (TPSA) is 88.6 Å². The second-order valence-corrected chi connectivity index (χ2v) is 5.53. The SMILES string of the molecule is COC(=O)c1cnc(N2CC(=O)NC(=O)C2(C)C)s1. The average Bonchev–Trinajstić information content (AvgIpc) is 2.82. The molecule has 1 aromatic heterocycles. The first kappa shape index (κ1) is 13.5. The normalized spacial score (nSPS) is 18.2. The lowest BCUT2D eigenvalue weighted by Gasteiger charge is -2.39. The van der Waals surface area contributed by atoms with Gasteiger partial charge in [0.05, 0.1) is 13.3 Å². The molecule has 2 amide bonds. The highest BCUT2D eigenvalue weighted by Gasteiger charge is 2.42. The van der Waals surface area contributed by atoms with Crippen LogP contribution in [0.2, 0.25) is 0 Å². The third-order valence-corrected chi connectivity index (χ3v) is 3.90. The van der Waals surface area contributed by atoms with Crippen LogP contribution in [0, 0.1) is 0 Å². The van der Waals surface area contributed by atoms with E-state index in [0.29, 0.717) is 10.0 Å². The second kappa shape index (κ2) is 4.61. The van der Waals surface area contributed by atoms with Crippen molar-refractivity contribution >= 4 is 34.3 Å². The fourth-order valence-corrected chi connectivity index (χ4v) is 2.65. The van der Waals surface area contributed by atoms with E-state index < -0.39 is 17.4 Å². The van der Waals surface area contributed by atoms with Crippen molar-refractivity contribution in [2.45, 2.75) is 19.4 Å². The van der Waals surface area contributed by atoms with Crippen LogP contribution in [-0.4, -0.2) is 42.0 Å². The maximum absolute atomic E-state index is 11.8. The molecule has 0 spiro atoms. The summed E-state index contributed by atoms with van der Waals surface area (Å²) < 4.78 is 4.60. The molecule has 8 heteroatoms. The van der Waals surface area contributed by atoms with E-state index in [4.69, 9.17) is 0 Å². The molecule has 0 radical (unpaired) electrons. The van der Waals surface area contributed by atoms with Crippen LogP contribution < -0.4 is 10.2 Å². The Hall–Kier alpha value is -1.96. The molecule has 1 aliphatic heterocycles. The van der Waals surface area contributed by atoms with Crippen molar-refractivity contribution in [3.05, 3.63) is 11.1 Å². The summed E-state index contributed by atoms with van der Waals surface area (Å²) in [6, 6.07) is 0. The predicted octanol–water partition coefficient (Wildman–Crippen LogP) is 0.171. The van der Waals surface area contributed by atoms with E-state index in [2.05, 4.69) is 15.0 Å². The monoisotopic (exact) mass is 283 g/mol. The second-order valence-electron chi connectivity index (χ2n) is 4.52. The Bertz CT molecular complexity index is 552. The minimum absolute atomic E-state index is 0.0207. The highest BCUT2D eigenvalue weighted by molar-refractivity contribution is 7.17. The number of carbonyl (C=O) groups is 3. The molecule has 1 N–H and O–H groups in total. The first-order valence-electron chi connectivity index (χ1n) is 5.52. The van der Waals surface area contributed by atoms with Gasteiger partial charge in [0.2, 0.25) is 5.91 Å². The van der Waals surface area contributed by atoms with Gasteiger partial charge in [-0.25, -0.2) is 9.78 Å². The Balaban J connectivity index is 2.34. The minimum atomic E-state index is -0.904. The van der Waals surface area contributed by atoms with E-state index >= 15 is 0 Å². The molecule has 0 bridgehead atoms. The van der Waals surface area contributed by atoms with E-state index in [-0.39, 0.29) is 12.5 Å². The Morgan fingerprint density at radius 3 is 2.84 bits per heavy atom. The van der Waals surface area contributed by atoms with Gasteiger partial charge in [0.1, 0.15) is 17.0 Å². The lowest BCUT2D eigenvalue weighted by molar-refractivity contribution is -0.135. The summed E-state index contributed by atoms with van der Waals surface area (Å²) in [5.74, 6) is -1.27. The summed E-state index contributed by atoms with van der Waals surface area (Å²) in [5.41, 5.74) is -0.904. The standard InChI is InChI=1S/C11H13N3O4S/c1-11(2)9(17)13-7(15)5-14(11)10-12-4-6(19-10)8(16)18-3/h4H,5H2,1-3H3,(H,13,15,17). The first-order valence-corrected chi connectivity index (χ1v) is 6.34. The molecular formula is C11H13N3O4S. The van der Waals surface area contributed by atoms with Crippen molar-refractivity contribution < 1.29 is 19.1 Å². The molecule has 0 aromatic carbocycles. The predicted molar refractivity (Wildman–Crippen MR) is 68.0 cm³/mol. The maximum Gasteiger partial charge on any atom is 0.349 e. The number of anilines is 1. The van der Waals surface area contributed by atoms with Crippen molar-refractivity contribution in [3.8, 4) is 0 Å². The van der Waals surface area contributed by atoms with Gasteiger partial charge in [-0.15, -0.1) is 0 Å². The van der Waals surface area contributed by atoms with E-state index in [1.165, 1.54) is 13.3 Å². The fourth-order valence-electron chi connectivity index (χ4n) is 1.67. The number of imide groups is 1. The van der Waals surface area contributed by atoms with Crippen molar-refractivity contribution in [1.82, 2.24) is 10.3 Å². The van der Waals surface area contributed by atoms with Gasteiger partial charge in [0, 0.05) is 0 Å². The van der Waals surface area contributed by atoms with E-state index in [9.17, 15) is 14.4 Å². The van der Waals surface area contributed by atoms with Crippen molar-refractivity contribution in [2.75, 3.05) is 18.6 Å². The summed E-state index contributed by atoms with van der Waals surface area (Å²) in [4.78, 5) is 40.6. The lowest BCUT2D eigenvalue weighted by atomic mass is 10.00. The van der Waals surface area contributed by atoms with Gasteiger partial charge in [-0.3, -0.25) is 14.9 Å². The van der Waals surface area contributed by atoms with Crippen LogP contribution >= 0.6 is 11.3 Å². The summed E-state index contributed by atoms with van der Waals surface area (Å²) in [7, 11) is 1.28. The van der Waals surface area contributed by atoms with E-state index in [1.54, 1.807) is 18.7 Å². The molecule has 7 nitrogen and oxygen atoms in total. The number of hydrogen-bond donors (Lipinski definition) is 1. The molecule has 19 heavy (non-hydrogen) atoms. The number of methoxy groups -OCH3 is 1. The largest absolute Gasteiger partial charge is 0.465 e. The molecule has 102 valence electrons. The zero-order valence-electron chi connectivity index (χ0n) is 10.7. The van der Waals surface area contributed by atoms with Crippen molar-refractivity contribution in [1.29, 1.82) is 0 Å². The number of thiazole rings is 1. The number of hydrogen-bond acceptors (Lipinski definition) is 7. The number of piperazine rings is 1. The molecule has 0 atom stereocenters. The molecule has 1 saturated heterocycles. The molecule has 1 aliphatic rings. The number of rotatable bonds is 2. The van der Waals surface area contributed by atoms with Gasteiger partial charge in [0.15, 0.2) is 5.13 Å². The van der Waals surface area contributed by atoms with Crippen LogP contribution in [0.3, 0.4) is 0 Å². The van der Waals surface area contributed by atoms with Crippen LogP contribution in [0.25, 0.3) is 0 Å². The molecular weight excluding hydrogens is 270 g/mol. The van der Waals surface area contributed by atoms with Gasteiger partial charge in [-0.05, 0) is 13.8 Å². The van der Waals surface area contributed by atoms with Crippen molar-refractivity contribution in [3.63, 3.8) is 0 Å². The lowest BCUT2D eigenvalue weighted by Crippen LogP contribution is -2.64. The number of carbonyl (C=O) groups excluding carboxylic acids is 3. The maximum atomic E-state index is 11.8. The number of nitrogens with one attached hydrogen (secondary N) is 1. The van der Waals surface area contributed by atoms with Crippen molar-refractivity contribution in [2.24, 2.45) is 0 Å². The number of esters is 1. The Kier molecular flexibility index (Phi) is 3.27. The van der Waals surface area contributed by atoms with Crippen LogP contribution in [0.15, 0.2) is 6.20 Å². The average molecular weight is 283 g/mol. The Morgan fingerprint density at radius 1 is 1.53 bits per heavy atom. The Labute approximate surface area is 113 Å². The highest BCUT2D eigenvalue weighted by atomic mass is 32.1. The van der Waals surface area contributed by atoms with E-state index in [1.807, 2.05) is 0 Å². The molecule has 2 rings (SSSR count). The molecule has 0 aliphatic carbocycles. The van der Waals surface area contributed by atoms with E-state index in [0.717, 1.165) is 11.3 Å². The van der Waals surface area contributed by atoms with Crippen LogP contribution in [0.4, 0.5) is 5.13 Å². The molecule has 1 fully saturated rings. The number of nitrogens with zero attached hydrogens (tertiary/aromatic N) is 2. The summed E-state index contributed by atoms with van der Waals surface area (Å²) in [5, 5.41) is 2.71. The number of aromatic nitrogens is 1. The number of amides is 2. The van der Waals surface area contributed by atoms with Crippen LogP contribution in [-0.2, 0) is 14.3 Å². The van der Waals surface area contributed by atoms with Crippen LogP contribution in [0.5, 0.6) is 0 Å². The van der Waals surface area contributed by atoms with Crippen LogP contribution in [0.1, 0.15) is 23.5 Å². The van der Waals surface area contributed by atoms with Gasteiger partial charge >= 0.3 is 5.97 Å². The molecule has 0 saturated carbocycles. The smallest absolute Gasteiger partial charge is 0.349 e. The summed E-state index contributed by atoms with van der Waals surface area (Å²) in [6.45, 7) is 3.40.